The number of nitrogens with one attached hydrogen (secondary N) is 2. The van der Waals surface area contributed by atoms with Crippen molar-refractivity contribution in [2.75, 3.05) is 6.61 Å². The van der Waals surface area contributed by atoms with E-state index in [0.717, 1.165) is 17.8 Å². The van der Waals surface area contributed by atoms with E-state index < -0.39 is 11.8 Å². The zero-order valence-corrected chi connectivity index (χ0v) is 14.3. The fourth-order valence-electron chi connectivity index (χ4n) is 5.65. The summed E-state index contributed by atoms with van der Waals surface area (Å²) in [4.78, 5) is 24.2. The number of hydrogen-bond acceptors (Lipinski definition) is 3. The molecule has 0 aliphatic heterocycles. The Hall–Kier alpha value is -1.10. The van der Waals surface area contributed by atoms with Gasteiger partial charge in [-0.15, -0.1) is 0 Å². The summed E-state index contributed by atoms with van der Waals surface area (Å²) in [6, 6.07) is -0.300. The Labute approximate surface area is 138 Å². The predicted molar refractivity (Wildman–Crippen MR) is 87.5 cm³/mol. The molecule has 2 atom stereocenters. The van der Waals surface area contributed by atoms with Crippen LogP contribution in [-0.2, 0) is 9.59 Å². The third-order valence-corrected chi connectivity index (χ3v) is 6.61. The van der Waals surface area contributed by atoms with Crippen molar-refractivity contribution >= 4 is 11.8 Å². The lowest BCUT2D eigenvalue weighted by molar-refractivity contribution is -0.142. The van der Waals surface area contributed by atoms with Gasteiger partial charge in [-0.25, -0.2) is 0 Å². The molecule has 4 bridgehead atoms. The first-order valence-corrected chi connectivity index (χ1v) is 9.18. The SMILES string of the molecule is CCC(CO)NC(=O)C(=O)NC(C)C12CC3CC(CC(C3)C1)C2. The van der Waals surface area contributed by atoms with Crippen LogP contribution in [0.25, 0.3) is 0 Å². The van der Waals surface area contributed by atoms with Gasteiger partial charge in [0.25, 0.3) is 0 Å². The van der Waals surface area contributed by atoms with E-state index in [2.05, 4.69) is 17.6 Å². The maximum atomic E-state index is 12.2. The van der Waals surface area contributed by atoms with Gasteiger partial charge in [-0.3, -0.25) is 9.59 Å². The monoisotopic (exact) mass is 322 g/mol. The molecular weight excluding hydrogens is 292 g/mol. The Kier molecular flexibility index (Phi) is 4.68. The smallest absolute Gasteiger partial charge is 0.309 e. The minimum absolute atomic E-state index is 0.0448. The topological polar surface area (TPSA) is 78.4 Å². The molecule has 3 N–H and O–H groups in total. The van der Waals surface area contributed by atoms with Crippen molar-refractivity contribution in [3.05, 3.63) is 0 Å². The number of carbonyl (C=O) groups is 2. The van der Waals surface area contributed by atoms with Crippen molar-refractivity contribution in [1.82, 2.24) is 10.6 Å². The third-order valence-electron chi connectivity index (χ3n) is 6.61. The van der Waals surface area contributed by atoms with Gasteiger partial charge >= 0.3 is 11.8 Å². The van der Waals surface area contributed by atoms with E-state index in [0.29, 0.717) is 6.42 Å². The highest BCUT2D eigenvalue weighted by atomic mass is 16.3. The van der Waals surface area contributed by atoms with Crippen LogP contribution in [0.1, 0.15) is 58.8 Å². The van der Waals surface area contributed by atoms with Crippen molar-refractivity contribution in [3.63, 3.8) is 0 Å². The maximum absolute atomic E-state index is 12.2. The van der Waals surface area contributed by atoms with Crippen molar-refractivity contribution in [2.45, 2.75) is 70.9 Å². The molecule has 0 aromatic heterocycles. The normalized spacial score (nSPS) is 37.3. The molecule has 130 valence electrons. The van der Waals surface area contributed by atoms with E-state index in [1.165, 1.54) is 38.5 Å². The van der Waals surface area contributed by atoms with Gasteiger partial charge in [0.2, 0.25) is 0 Å². The van der Waals surface area contributed by atoms with Gasteiger partial charge in [0.05, 0.1) is 12.6 Å². The van der Waals surface area contributed by atoms with Crippen molar-refractivity contribution in [3.8, 4) is 0 Å². The minimum atomic E-state index is -0.623. The molecule has 5 heteroatoms. The quantitative estimate of drug-likeness (QED) is 0.673. The van der Waals surface area contributed by atoms with Crippen LogP contribution in [0.3, 0.4) is 0 Å². The molecule has 4 rings (SSSR count). The zero-order valence-electron chi connectivity index (χ0n) is 14.3. The summed E-state index contributed by atoms with van der Waals surface area (Å²) in [6.07, 6.45) is 8.34. The van der Waals surface area contributed by atoms with Crippen LogP contribution in [0, 0.1) is 23.2 Å². The second-order valence-corrected chi connectivity index (χ2v) is 8.24. The van der Waals surface area contributed by atoms with Crippen molar-refractivity contribution in [2.24, 2.45) is 23.2 Å². The summed E-state index contributed by atoms with van der Waals surface area (Å²) in [5.41, 5.74) is 0.200. The fourth-order valence-corrected chi connectivity index (χ4v) is 5.65. The summed E-state index contributed by atoms with van der Waals surface area (Å²) in [5.74, 6) is 1.30. The Morgan fingerprint density at radius 3 is 1.96 bits per heavy atom. The van der Waals surface area contributed by atoms with E-state index >= 15 is 0 Å². The largest absolute Gasteiger partial charge is 0.394 e. The number of aliphatic hydroxyl groups excluding tert-OH is 1. The van der Waals surface area contributed by atoms with Gasteiger partial charge in [-0.1, -0.05) is 6.92 Å². The molecule has 2 unspecified atom stereocenters. The molecule has 5 nitrogen and oxygen atoms in total. The Bertz CT molecular complexity index is 438. The molecule has 4 aliphatic carbocycles. The van der Waals surface area contributed by atoms with Crippen molar-refractivity contribution in [1.29, 1.82) is 0 Å². The molecule has 0 heterocycles. The predicted octanol–water partition coefficient (Wildman–Crippen LogP) is 1.59. The molecule has 4 fully saturated rings. The average molecular weight is 322 g/mol. The standard InChI is InChI=1S/C18H30N2O3/c1-3-15(10-21)20-17(23)16(22)19-11(2)18-7-12-4-13(8-18)6-14(5-12)9-18/h11-15,21H,3-10H2,1-2H3,(H,19,22)(H,20,23). The molecule has 4 saturated carbocycles. The van der Waals surface area contributed by atoms with E-state index in [9.17, 15) is 9.59 Å². The summed E-state index contributed by atoms with van der Waals surface area (Å²) in [7, 11) is 0. The van der Waals surface area contributed by atoms with Gasteiger partial charge in [-0.2, -0.15) is 0 Å². The van der Waals surface area contributed by atoms with Gasteiger partial charge in [0, 0.05) is 6.04 Å². The van der Waals surface area contributed by atoms with Crippen LogP contribution in [0.4, 0.5) is 0 Å². The highest BCUT2D eigenvalue weighted by Crippen LogP contribution is 2.61. The molecule has 4 aliphatic rings. The first kappa shape index (κ1) is 16.7. The van der Waals surface area contributed by atoms with Crippen LogP contribution in [0.2, 0.25) is 0 Å². The third kappa shape index (κ3) is 3.25. The van der Waals surface area contributed by atoms with E-state index in [-0.39, 0.29) is 24.1 Å². The second kappa shape index (κ2) is 6.42. The second-order valence-electron chi connectivity index (χ2n) is 8.24. The Balaban J connectivity index is 1.59. The number of carbonyl (C=O) groups excluding carboxylic acids is 2. The van der Waals surface area contributed by atoms with Crippen LogP contribution >= 0.6 is 0 Å². The average Bonchev–Trinajstić information content (AvgIpc) is 2.50. The Morgan fingerprint density at radius 2 is 1.52 bits per heavy atom. The number of rotatable bonds is 5. The van der Waals surface area contributed by atoms with Gasteiger partial charge in [0.15, 0.2) is 0 Å². The number of amides is 2. The Morgan fingerprint density at radius 1 is 1.04 bits per heavy atom. The van der Waals surface area contributed by atoms with Gasteiger partial charge in [-0.05, 0) is 75.0 Å². The highest BCUT2D eigenvalue weighted by molar-refractivity contribution is 6.35. The van der Waals surface area contributed by atoms with Crippen LogP contribution in [0.5, 0.6) is 0 Å². The molecule has 0 aromatic rings. The van der Waals surface area contributed by atoms with Crippen LogP contribution in [-0.4, -0.2) is 35.6 Å². The van der Waals surface area contributed by atoms with E-state index in [1.807, 2.05) is 6.92 Å². The number of aliphatic hydroxyl groups is 1. The summed E-state index contributed by atoms with van der Waals surface area (Å²) in [6.45, 7) is 3.80. The molecular formula is C18H30N2O3. The first-order chi connectivity index (χ1) is 11.0. The fraction of sp³-hybridized carbons (Fsp3) is 0.889. The highest BCUT2D eigenvalue weighted by Gasteiger charge is 2.53. The van der Waals surface area contributed by atoms with Gasteiger partial charge < -0.3 is 15.7 Å². The van der Waals surface area contributed by atoms with E-state index in [4.69, 9.17) is 5.11 Å². The zero-order chi connectivity index (χ0) is 16.6. The van der Waals surface area contributed by atoms with E-state index in [1.54, 1.807) is 0 Å². The minimum Gasteiger partial charge on any atom is -0.394 e. The molecule has 0 spiro atoms. The first-order valence-electron chi connectivity index (χ1n) is 9.18. The molecule has 0 aromatic carbocycles. The molecule has 2 amide bonds. The lowest BCUT2D eigenvalue weighted by Gasteiger charge is -2.59. The summed E-state index contributed by atoms with van der Waals surface area (Å²) >= 11 is 0. The molecule has 0 saturated heterocycles. The lowest BCUT2D eigenvalue weighted by Crippen LogP contribution is -2.57. The maximum Gasteiger partial charge on any atom is 0.309 e. The summed E-state index contributed by atoms with van der Waals surface area (Å²) < 4.78 is 0. The number of hydrogen-bond donors (Lipinski definition) is 3. The van der Waals surface area contributed by atoms with Crippen molar-refractivity contribution < 1.29 is 14.7 Å². The van der Waals surface area contributed by atoms with Gasteiger partial charge in [0.1, 0.15) is 0 Å². The van der Waals surface area contributed by atoms with Crippen LogP contribution < -0.4 is 10.6 Å². The molecule has 23 heavy (non-hydrogen) atoms. The van der Waals surface area contributed by atoms with Crippen LogP contribution in [0.15, 0.2) is 0 Å². The molecule has 0 radical (unpaired) electrons. The summed E-state index contributed by atoms with van der Waals surface area (Å²) in [5, 5.41) is 14.7. The lowest BCUT2D eigenvalue weighted by atomic mass is 9.48.